The number of rotatable bonds is 5. The van der Waals surface area contributed by atoms with Crippen molar-refractivity contribution in [2.45, 2.75) is 6.61 Å². The molecule has 0 radical (unpaired) electrons. The first-order valence-corrected chi connectivity index (χ1v) is 9.93. The number of hydrogen-bond acceptors (Lipinski definition) is 4. The Bertz CT molecular complexity index is 1140. The van der Waals surface area contributed by atoms with Gasteiger partial charge < -0.3 is 10.1 Å². The summed E-state index contributed by atoms with van der Waals surface area (Å²) < 4.78 is 5.84. The number of para-hydroxylation sites is 1. The molecule has 0 bridgehead atoms. The Hall–Kier alpha value is -3.28. The van der Waals surface area contributed by atoms with Gasteiger partial charge in [0.15, 0.2) is 0 Å². The lowest BCUT2D eigenvalue weighted by molar-refractivity contribution is -0.115. The summed E-state index contributed by atoms with van der Waals surface area (Å²) in [6, 6.07) is 22.2. The third-order valence-electron chi connectivity index (χ3n) is 4.30. The fourth-order valence-electron chi connectivity index (χ4n) is 2.84. The van der Waals surface area contributed by atoms with E-state index in [1.807, 2.05) is 60.7 Å². The number of aliphatic imine (C=N–C) groups is 1. The molecule has 0 atom stereocenters. The zero-order chi connectivity index (χ0) is 20.9. The second-order valence-corrected chi connectivity index (χ2v) is 7.38. The Labute approximate surface area is 184 Å². The zero-order valence-electron chi connectivity index (χ0n) is 15.7. The number of carbonyl (C=O) groups is 1. The van der Waals surface area contributed by atoms with Gasteiger partial charge in [-0.2, -0.15) is 0 Å². The van der Waals surface area contributed by atoms with Crippen molar-refractivity contribution >= 4 is 46.8 Å². The van der Waals surface area contributed by atoms with Gasteiger partial charge in [-0.15, -0.1) is 0 Å². The molecule has 2 N–H and O–H groups in total. The predicted molar refractivity (Wildman–Crippen MR) is 121 cm³/mol. The van der Waals surface area contributed by atoms with Crippen molar-refractivity contribution in [3.8, 4) is 5.75 Å². The van der Waals surface area contributed by atoms with E-state index in [9.17, 15) is 4.79 Å². The van der Waals surface area contributed by atoms with Crippen molar-refractivity contribution in [2.75, 3.05) is 5.32 Å². The summed E-state index contributed by atoms with van der Waals surface area (Å²) in [5.41, 5.74) is 2.78. The minimum atomic E-state index is -0.271. The number of nitrogens with zero attached hydrogens (tertiary/aromatic N) is 1. The van der Waals surface area contributed by atoms with E-state index >= 15 is 0 Å². The van der Waals surface area contributed by atoms with Crippen LogP contribution in [0.5, 0.6) is 5.75 Å². The van der Waals surface area contributed by atoms with Crippen molar-refractivity contribution in [2.24, 2.45) is 4.99 Å². The van der Waals surface area contributed by atoms with E-state index in [4.69, 9.17) is 27.9 Å². The summed E-state index contributed by atoms with van der Waals surface area (Å²) >= 11 is 12.1. The molecule has 5 nitrogen and oxygen atoms in total. The minimum absolute atomic E-state index is 0.271. The van der Waals surface area contributed by atoms with Crippen LogP contribution >= 0.6 is 23.2 Å². The third-order valence-corrected chi connectivity index (χ3v) is 4.89. The molecule has 150 valence electrons. The van der Waals surface area contributed by atoms with Crippen LogP contribution in [-0.4, -0.2) is 11.9 Å². The molecule has 0 saturated carbocycles. The van der Waals surface area contributed by atoms with Gasteiger partial charge in [-0.05, 0) is 48.0 Å². The SMILES string of the molecule is O=C1NC(Nc2ccccc2)=N/C1=C/c1cccc(OCc2ccc(Cl)cc2Cl)c1. The van der Waals surface area contributed by atoms with Crippen LogP contribution in [0.25, 0.3) is 6.08 Å². The number of anilines is 1. The van der Waals surface area contributed by atoms with Crippen LogP contribution in [0, 0.1) is 0 Å². The number of guanidine groups is 1. The maximum absolute atomic E-state index is 12.2. The molecule has 1 amide bonds. The summed E-state index contributed by atoms with van der Waals surface area (Å²) in [5, 5.41) is 6.93. The van der Waals surface area contributed by atoms with E-state index in [0.717, 1.165) is 16.8 Å². The molecule has 7 heteroatoms. The average molecular weight is 438 g/mol. The summed E-state index contributed by atoms with van der Waals surface area (Å²) in [6.07, 6.45) is 1.71. The molecule has 0 spiro atoms. The highest BCUT2D eigenvalue weighted by Crippen LogP contribution is 2.24. The second kappa shape index (κ2) is 9.03. The van der Waals surface area contributed by atoms with Crippen molar-refractivity contribution < 1.29 is 9.53 Å². The Balaban J connectivity index is 1.46. The lowest BCUT2D eigenvalue weighted by Crippen LogP contribution is -2.29. The van der Waals surface area contributed by atoms with Gasteiger partial charge in [0.05, 0.1) is 0 Å². The molecule has 0 aliphatic carbocycles. The zero-order valence-corrected chi connectivity index (χ0v) is 17.2. The molecule has 0 unspecified atom stereocenters. The van der Waals surface area contributed by atoms with Crippen LogP contribution in [0.1, 0.15) is 11.1 Å². The number of hydrogen-bond donors (Lipinski definition) is 2. The van der Waals surface area contributed by atoms with E-state index in [1.54, 1.807) is 18.2 Å². The predicted octanol–water partition coefficient (Wildman–Crippen LogP) is 5.51. The molecule has 1 heterocycles. The van der Waals surface area contributed by atoms with Gasteiger partial charge in [0, 0.05) is 21.3 Å². The first-order chi connectivity index (χ1) is 14.6. The van der Waals surface area contributed by atoms with Crippen LogP contribution in [0.4, 0.5) is 5.69 Å². The molecule has 1 aliphatic heterocycles. The number of benzene rings is 3. The molecule has 4 rings (SSSR count). The standard InChI is InChI=1S/C23H17Cl2N3O2/c24-17-10-9-16(20(25)13-17)14-30-19-8-4-5-15(11-19)12-21-22(29)28-23(27-21)26-18-6-2-1-3-7-18/h1-13H,14H2,(H2,26,27,28,29)/b21-12+. The van der Waals surface area contributed by atoms with Crippen LogP contribution in [-0.2, 0) is 11.4 Å². The number of nitrogens with one attached hydrogen (secondary N) is 2. The highest BCUT2D eigenvalue weighted by molar-refractivity contribution is 6.35. The van der Waals surface area contributed by atoms with E-state index < -0.39 is 0 Å². The van der Waals surface area contributed by atoms with Gasteiger partial charge in [-0.25, -0.2) is 4.99 Å². The number of ether oxygens (including phenoxy) is 1. The van der Waals surface area contributed by atoms with Crippen molar-refractivity contribution in [1.29, 1.82) is 0 Å². The van der Waals surface area contributed by atoms with Crippen molar-refractivity contribution in [3.63, 3.8) is 0 Å². The Kier molecular flexibility index (Phi) is 6.02. The fraction of sp³-hybridized carbons (Fsp3) is 0.0435. The van der Waals surface area contributed by atoms with E-state index in [2.05, 4.69) is 15.6 Å². The lowest BCUT2D eigenvalue weighted by Gasteiger charge is -2.08. The number of carbonyl (C=O) groups excluding carboxylic acids is 1. The Morgan fingerprint density at radius 3 is 2.63 bits per heavy atom. The highest BCUT2D eigenvalue weighted by atomic mass is 35.5. The van der Waals surface area contributed by atoms with Crippen LogP contribution < -0.4 is 15.4 Å². The molecule has 0 saturated heterocycles. The smallest absolute Gasteiger partial charge is 0.276 e. The van der Waals surface area contributed by atoms with Crippen LogP contribution in [0.2, 0.25) is 10.0 Å². The maximum Gasteiger partial charge on any atom is 0.276 e. The molecule has 0 fully saturated rings. The van der Waals surface area contributed by atoms with Gasteiger partial charge in [0.25, 0.3) is 5.91 Å². The lowest BCUT2D eigenvalue weighted by atomic mass is 10.2. The quantitative estimate of drug-likeness (QED) is 0.517. The summed E-state index contributed by atoms with van der Waals surface area (Å²) in [5.74, 6) is 0.773. The topological polar surface area (TPSA) is 62.7 Å². The highest BCUT2D eigenvalue weighted by Gasteiger charge is 2.20. The summed E-state index contributed by atoms with van der Waals surface area (Å²) in [4.78, 5) is 16.6. The largest absolute Gasteiger partial charge is 0.489 e. The van der Waals surface area contributed by atoms with Crippen LogP contribution in [0.3, 0.4) is 0 Å². The summed E-state index contributed by atoms with van der Waals surface area (Å²) in [7, 11) is 0. The maximum atomic E-state index is 12.2. The third kappa shape index (κ3) is 5.00. The van der Waals surface area contributed by atoms with Crippen LogP contribution in [0.15, 0.2) is 83.5 Å². The van der Waals surface area contributed by atoms with E-state index in [-0.39, 0.29) is 5.91 Å². The molecule has 1 aliphatic rings. The summed E-state index contributed by atoms with van der Waals surface area (Å²) in [6.45, 7) is 0.305. The first-order valence-electron chi connectivity index (χ1n) is 9.17. The molecular formula is C23H17Cl2N3O2. The monoisotopic (exact) mass is 437 g/mol. The van der Waals surface area contributed by atoms with Gasteiger partial charge in [0.1, 0.15) is 18.1 Å². The van der Waals surface area contributed by atoms with E-state index in [0.29, 0.717) is 34.1 Å². The van der Waals surface area contributed by atoms with Crippen molar-refractivity contribution in [3.05, 3.63) is 99.7 Å². The fourth-order valence-corrected chi connectivity index (χ4v) is 3.30. The first kappa shape index (κ1) is 20.0. The van der Waals surface area contributed by atoms with Gasteiger partial charge >= 0.3 is 0 Å². The molecule has 3 aromatic rings. The average Bonchev–Trinajstić information content (AvgIpc) is 3.07. The van der Waals surface area contributed by atoms with E-state index in [1.165, 1.54) is 0 Å². The second-order valence-electron chi connectivity index (χ2n) is 6.53. The van der Waals surface area contributed by atoms with Crippen molar-refractivity contribution in [1.82, 2.24) is 5.32 Å². The van der Waals surface area contributed by atoms with Gasteiger partial charge in [0.2, 0.25) is 5.96 Å². The minimum Gasteiger partial charge on any atom is -0.489 e. The van der Waals surface area contributed by atoms with Gasteiger partial charge in [-0.3, -0.25) is 10.1 Å². The molecule has 3 aromatic carbocycles. The Morgan fingerprint density at radius 2 is 1.83 bits per heavy atom. The molecular weight excluding hydrogens is 421 g/mol. The normalized spacial score (nSPS) is 14.4. The number of halogens is 2. The Morgan fingerprint density at radius 1 is 1.00 bits per heavy atom. The molecule has 30 heavy (non-hydrogen) atoms. The molecule has 0 aromatic heterocycles. The van der Waals surface area contributed by atoms with Gasteiger partial charge in [-0.1, -0.05) is 59.6 Å². The number of amides is 1.